The normalized spacial score (nSPS) is 10.2. The second-order valence-electron chi connectivity index (χ2n) is 6.21. The number of ether oxygens (including phenoxy) is 2. The van der Waals surface area contributed by atoms with E-state index in [2.05, 4.69) is 10.6 Å². The minimum Gasteiger partial charge on any atom is -0.490 e. The Morgan fingerprint density at radius 1 is 0.929 bits per heavy atom. The first kappa shape index (κ1) is 21.3. The molecule has 6 nitrogen and oxygen atoms in total. The number of amides is 2. The van der Waals surface area contributed by atoms with Crippen LogP contribution < -0.4 is 20.1 Å². The van der Waals surface area contributed by atoms with Crippen molar-refractivity contribution < 1.29 is 19.1 Å². The number of hydrogen-bond donors (Lipinski definition) is 2. The van der Waals surface area contributed by atoms with E-state index < -0.39 is 0 Å². The topological polar surface area (TPSA) is 76.7 Å². The molecule has 0 atom stereocenters. The highest BCUT2D eigenvalue weighted by Gasteiger charge is 2.11. The van der Waals surface area contributed by atoms with Crippen LogP contribution in [0.3, 0.4) is 0 Å². The van der Waals surface area contributed by atoms with Gasteiger partial charge in [0, 0.05) is 24.2 Å². The summed E-state index contributed by atoms with van der Waals surface area (Å²) >= 11 is 0. The first-order valence-corrected chi connectivity index (χ1v) is 9.64. The van der Waals surface area contributed by atoms with Crippen molar-refractivity contribution in [2.24, 2.45) is 0 Å². The molecular formula is C22H28N2O4. The van der Waals surface area contributed by atoms with Gasteiger partial charge in [0.15, 0.2) is 11.5 Å². The summed E-state index contributed by atoms with van der Waals surface area (Å²) in [5, 5.41) is 5.75. The summed E-state index contributed by atoms with van der Waals surface area (Å²) in [6.07, 6.45) is 1.29. The van der Waals surface area contributed by atoms with Crippen LogP contribution in [0.1, 0.15) is 49.5 Å². The first-order chi connectivity index (χ1) is 13.6. The molecule has 0 heterocycles. The third-order valence-electron chi connectivity index (χ3n) is 3.95. The summed E-state index contributed by atoms with van der Waals surface area (Å²) in [7, 11) is 0. The maximum Gasteiger partial charge on any atom is 0.251 e. The summed E-state index contributed by atoms with van der Waals surface area (Å²) in [5.74, 6) is 0.958. The lowest BCUT2D eigenvalue weighted by Crippen LogP contribution is -2.23. The van der Waals surface area contributed by atoms with Crippen molar-refractivity contribution in [2.75, 3.05) is 18.5 Å². The van der Waals surface area contributed by atoms with Crippen LogP contribution in [0, 0.1) is 0 Å². The van der Waals surface area contributed by atoms with Crippen LogP contribution in [-0.2, 0) is 11.3 Å². The maximum absolute atomic E-state index is 12.5. The molecule has 0 aliphatic carbocycles. The van der Waals surface area contributed by atoms with Gasteiger partial charge in [-0.3, -0.25) is 9.59 Å². The molecule has 2 aromatic carbocycles. The highest BCUT2D eigenvalue weighted by Crippen LogP contribution is 2.28. The Labute approximate surface area is 166 Å². The summed E-state index contributed by atoms with van der Waals surface area (Å²) in [4.78, 5) is 24.2. The molecule has 0 unspecified atom stereocenters. The zero-order valence-electron chi connectivity index (χ0n) is 16.7. The molecule has 2 aromatic rings. The van der Waals surface area contributed by atoms with Crippen LogP contribution in [-0.4, -0.2) is 25.0 Å². The molecule has 0 bridgehead atoms. The third-order valence-corrected chi connectivity index (χ3v) is 3.95. The minimum absolute atomic E-state index is 0.0125. The lowest BCUT2D eigenvalue weighted by molar-refractivity contribution is -0.116. The molecule has 0 radical (unpaired) electrons. The van der Waals surface area contributed by atoms with Gasteiger partial charge in [-0.25, -0.2) is 0 Å². The Bertz CT molecular complexity index is 805. The molecule has 0 aliphatic rings. The van der Waals surface area contributed by atoms with Crippen LogP contribution in [0.4, 0.5) is 5.69 Å². The van der Waals surface area contributed by atoms with Gasteiger partial charge in [0.1, 0.15) is 0 Å². The Morgan fingerprint density at radius 3 is 2.39 bits per heavy atom. The molecule has 0 saturated carbocycles. The number of rotatable bonds is 10. The number of hydrogen-bond acceptors (Lipinski definition) is 4. The standard InChI is InChI=1S/C22H28N2O4/c1-4-8-21(25)24-18-10-7-9-16(13-18)15-23-22(26)17-11-12-19(27-5-2)20(14-17)28-6-3/h7,9-14H,4-6,8,15H2,1-3H3,(H,23,26)(H,24,25). The largest absolute Gasteiger partial charge is 0.490 e. The highest BCUT2D eigenvalue weighted by atomic mass is 16.5. The van der Waals surface area contributed by atoms with Crippen molar-refractivity contribution in [3.63, 3.8) is 0 Å². The second-order valence-corrected chi connectivity index (χ2v) is 6.21. The summed E-state index contributed by atoms with van der Waals surface area (Å²) in [6, 6.07) is 12.6. The average Bonchev–Trinajstić information content (AvgIpc) is 2.68. The van der Waals surface area contributed by atoms with Crippen molar-refractivity contribution in [3.05, 3.63) is 53.6 Å². The molecule has 2 amide bonds. The molecule has 0 spiro atoms. The number of nitrogens with one attached hydrogen (secondary N) is 2. The van der Waals surface area contributed by atoms with E-state index in [-0.39, 0.29) is 11.8 Å². The molecule has 2 rings (SSSR count). The summed E-state index contributed by atoms with van der Waals surface area (Å²) < 4.78 is 11.1. The van der Waals surface area contributed by atoms with Gasteiger partial charge in [-0.1, -0.05) is 19.1 Å². The molecule has 0 aromatic heterocycles. The predicted molar refractivity (Wildman–Crippen MR) is 110 cm³/mol. The van der Waals surface area contributed by atoms with E-state index in [1.165, 1.54) is 0 Å². The van der Waals surface area contributed by atoms with Crippen molar-refractivity contribution in [1.29, 1.82) is 0 Å². The number of anilines is 1. The van der Waals surface area contributed by atoms with E-state index in [4.69, 9.17) is 9.47 Å². The fourth-order valence-electron chi connectivity index (χ4n) is 2.69. The molecule has 6 heteroatoms. The van der Waals surface area contributed by atoms with E-state index >= 15 is 0 Å². The van der Waals surface area contributed by atoms with Crippen molar-refractivity contribution in [2.45, 2.75) is 40.2 Å². The van der Waals surface area contributed by atoms with Crippen LogP contribution in [0.15, 0.2) is 42.5 Å². The van der Waals surface area contributed by atoms with Gasteiger partial charge < -0.3 is 20.1 Å². The lowest BCUT2D eigenvalue weighted by atomic mass is 10.1. The van der Waals surface area contributed by atoms with E-state index in [0.29, 0.717) is 43.2 Å². The quantitative estimate of drug-likeness (QED) is 0.645. The fourth-order valence-corrected chi connectivity index (χ4v) is 2.69. The monoisotopic (exact) mass is 384 g/mol. The van der Waals surface area contributed by atoms with E-state index in [0.717, 1.165) is 17.7 Å². The summed E-state index contributed by atoms with van der Waals surface area (Å²) in [6.45, 7) is 7.11. The Kier molecular flexibility index (Phi) is 8.34. The number of carbonyl (C=O) groups excluding carboxylic acids is 2. The molecule has 150 valence electrons. The van der Waals surface area contributed by atoms with E-state index in [9.17, 15) is 9.59 Å². The van der Waals surface area contributed by atoms with Crippen LogP contribution in [0.5, 0.6) is 11.5 Å². The lowest BCUT2D eigenvalue weighted by Gasteiger charge is -2.13. The molecule has 0 aliphatic heterocycles. The van der Waals surface area contributed by atoms with Gasteiger partial charge in [0.25, 0.3) is 5.91 Å². The van der Waals surface area contributed by atoms with Gasteiger partial charge in [-0.05, 0) is 56.2 Å². The molecule has 2 N–H and O–H groups in total. The Hall–Kier alpha value is -3.02. The van der Waals surface area contributed by atoms with E-state index in [1.807, 2.05) is 45.0 Å². The van der Waals surface area contributed by atoms with Crippen LogP contribution in [0.25, 0.3) is 0 Å². The number of carbonyl (C=O) groups is 2. The average molecular weight is 384 g/mol. The van der Waals surface area contributed by atoms with Gasteiger partial charge in [-0.2, -0.15) is 0 Å². The van der Waals surface area contributed by atoms with Gasteiger partial charge in [-0.15, -0.1) is 0 Å². The molecule has 0 saturated heterocycles. The minimum atomic E-state index is -0.204. The highest BCUT2D eigenvalue weighted by molar-refractivity contribution is 5.95. The van der Waals surface area contributed by atoms with Crippen molar-refractivity contribution >= 4 is 17.5 Å². The Balaban J connectivity index is 2.02. The number of benzene rings is 2. The third kappa shape index (κ3) is 6.30. The maximum atomic E-state index is 12.5. The zero-order valence-corrected chi connectivity index (χ0v) is 16.7. The smallest absolute Gasteiger partial charge is 0.251 e. The van der Waals surface area contributed by atoms with Crippen LogP contribution >= 0.6 is 0 Å². The van der Waals surface area contributed by atoms with Crippen molar-refractivity contribution in [3.8, 4) is 11.5 Å². The van der Waals surface area contributed by atoms with Gasteiger partial charge >= 0.3 is 0 Å². The SMILES string of the molecule is CCCC(=O)Nc1cccc(CNC(=O)c2ccc(OCC)c(OCC)c2)c1. The molecule has 28 heavy (non-hydrogen) atoms. The zero-order chi connectivity index (χ0) is 20.4. The van der Waals surface area contributed by atoms with Gasteiger partial charge in [0.05, 0.1) is 13.2 Å². The van der Waals surface area contributed by atoms with Gasteiger partial charge in [0.2, 0.25) is 5.91 Å². The second kappa shape index (κ2) is 11.0. The molecule has 0 fully saturated rings. The predicted octanol–water partition coefficient (Wildman–Crippen LogP) is 4.15. The van der Waals surface area contributed by atoms with Crippen LogP contribution in [0.2, 0.25) is 0 Å². The summed E-state index contributed by atoms with van der Waals surface area (Å²) in [5.41, 5.74) is 2.13. The Morgan fingerprint density at radius 2 is 1.68 bits per heavy atom. The fraction of sp³-hybridized carbons (Fsp3) is 0.364. The first-order valence-electron chi connectivity index (χ1n) is 9.64. The van der Waals surface area contributed by atoms with Crippen molar-refractivity contribution in [1.82, 2.24) is 5.32 Å². The molecular weight excluding hydrogens is 356 g/mol. The van der Waals surface area contributed by atoms with E-state index in [1.54, 1.807) is 18.2 Å².